The summed E-state index contributed by atoms with van der Waals surface area (Å²) in [6.45, 7) is 3.81. The normalized spacial score (nSPS) is 21.5. The van der Waals surface area contributed by atoms with Crippen LogP contribution in [0.15, 0.2) is 0 Å². The van der Waals surface area contributed by atoms with Crippen LogP contribution in [0.1, 0.15) is 12.8 Å². The fourth-order valence-corrected chi connectivity index (χ4v) is 2.19. The molecule has 1 unspecified atom stereocenters. The number of likely N-dealkylation sites (tertiary alicyclic amines) is 1. The smallest absolute Gasteiger partial charge is 0.226 e. The molecule has 0 aromatic rings. The van der Waals surface area contributed by atoms with E-state index in [0.717, 1.165) is 32.5 Å². The Balaban J connectivity index is 2.26. The van der Waals surface area contributed by atoms with E-state index in [9.17, 15) is 4.79 Å². The lowest BCUT2D eigenvalue weighted by molar-refractivity contribution is -0.134. The van der Waals surface area contributed by atoms with E-state index in [-0.39, 0.29) is 18.4 Å². The molecule has 17 heavy (non-hydrogen) atoms. The van der Waals surface area contributed by atoms with Gasteiger partial charge in [-0.1, -0.05) is 0 Å². The van der Waals surface area contributed by atoms with Crippen molar-refractivity contribution in [3.05, 3.63) is 0 Å². The van der Waals surface area contributed by atoms with Crippen LogP contribution in [0, 0.1) is 5.92 Å². The summed E-state index contributed by atoms with van der Waals surface area (Å²) in [5, 5.41) is 8.59. The number of carbonyl (C=O) groups is 1. The highest BCUT2D eigenvalue weighted by molar-refractivity contribution is 5.78. The standard InChI is InChI=1S/C12H24N2O3/c1-13(2)12(16)11-4-3-5-14(10-11)6-8-17-9-7-15/h11,15H,3-10H2,1-2H3. The molecule has 1 N–H and O–H groups in total. The number of carbonyl (C=O) groups excluding carboxylic acids is 1. The number of ether oxygens (including phenoxy) is 1. The molecule has 0 radical (unpaired) electrons. The molecule has 0 saturated carbocycles. The molecule has 1 amide bonds. The second kappa shape index (κ2) is 7.63. The third kappa shape index (κ3) is 5.02. The lowest BCUT2D eigenvalue weighted by Gasteiger charge is -2.33. The van der Waals surface area contributed by atoms with Crippen LogP contribution in [-0.4, -0.2) is 74.4 Å². The zero-order chi connectivity index (χ0) is 12.7. The van der Waals surface area contributed by atoms with Gasteiger partial charge in [0.25, 0.3) is 0 Å². The van der Waals surface area contributed by atoms with Crippen LogP contribution in [0.5, 0.6) is 0 Å². The van der Waals surface area contributed by atoms with Gasteiger partial charge in [-0.15, -0.1) is 0 Å². The predicted molar refractivity (Wildman–Crippen MR) is 65.8 cm³/mol. The van der Waals surface area contributed by atoms with Crippen molar-refractivity contribution < 1.29 is 14.6 Å². The van der Waals surface area contributed by atoms with Gasteiger partial charge in [0.15, 0.2) is 0 Å². The van der Waals surface area contributed by atoms with E-state index in [0.29, 0.717) is 13.2 Å². The molecule has 1 aliphatic rings. The molecule has 1 rings (SSSR count). The van der Waals surface area contributed by atoms with Crippen LogP contribution in [0.3, 0.4) is 0 Å². The first kappa shape index (κ1) is 14.4. The van der Waals surface area contributed by atoms with Gasteiger partial charge in [-0.2, -0.15) is 0 Å². The van der Waals surface area contributed by atoms with Gasteiger partial charge in [0.2, 0.25) is 5.91 Å². The summed E-state index contributed by atoms with van der Waals surface area (Å²) in [5.41, 5.74) is 0. The first-order valence-corrected chi connectivity index (χ1v) is 6.27. The summed E-state index contributed by atoms with van der Waals surface area (Å²) in [5.74, 6) is 0.363. The number of nitrogens with zero attached hydrogens (tertiary/aromatic N) is 2. The summed E-state index contributed by atoms with van der Waals surface area (Å²) >= 11 is 0. The Kier molecular flexibility index (Phi) is 6.47. The largest absolute Gasteiger partial charge is 0.394 e. The van der Waals surface area contributed by atoms with E-state index < -0.39 is 0 Å². The molecule has 0 bridgehead atoms. The molecule has 0 aromatic heterocycles. The molecule has 5 heteroatoms. The molecule has 5 nitrogen and oxygen atoms in total. The van der Waals surface area contributed by atoms with Gasteiger partial charge in [-0.3, -0.25) is 4.79 Å². The third-order valence-corrected chi connectivity index (χ3v) is 3.08. The van der Waals surface area contributed by atoms with Gasteiger partial charge in [-0.25, -0.2) is 0 Å². The Morgan fingerprint density at radius 1 is 1.47 bits per heavy atom. The molecule has 1 heterocycles. The Morgan fingerprint density at radius 3 is 2.88 bits per heavy atom. The molecule has 100 valence electrons. The predicted octanol–water partition coefficient (Wildman–Crippen LogP) is -0.204. The average Bonchev–Trinajstić information content (AvgIpc) is 2.34. The van der Waals surface area contributed by atoms with Gasteiger partial charge < -0.3 is 19.6 Å². The number of aliphatic hydroxyl groups excluding tert-OH is 1. The zero-order valence-electron chi connectivity index (χ0n) is 10.9. The molecule has 1 aliphatic heterocycles. The van der Waals surface area contributed by atoms with Gasteiger partial charge in [0.1, 0.15) is 0 Å². The fraction of sp³-hybridized carbons (Fsp3) is 0.917. The van der Waals surface area contributed by atoms with Crippen molar-refractivity contribution in [2.45, 2.75) is 12.8 Å². The molecule has 0 aliphatic carbocycles. The summed E-state index contributed by atoms with van der Waals surface area (Å²) in [4.78, 5) is 15.8. The van der Waals surface area contributed by atoms with Crippen LogP contribution in [-0.2, 0) is 9.53 Å². The maximum absolute atomic E-state index is 11.9. The van der Waals surface area contributed by atoms with Crippen molar-refractivity contribution in [3.8, 4) is 0 Å². The Hall–Kier alpha value is -0.650. The topological polar surface area (TPSA) is 53.0 Å². The van der Waals surface area contributed by atoms with Gasteiger partial charge in [0.05, 0.1) is 25.7 Å². The number of rotatable bonds is 6. The van der Waals surface area contributed by atoms with Crippen molar-refractivity contribution in [2.75, 3.05) is 53.6 Å². The van der Waals surface area contributed by atoms with Crippen LogP contribution in [0.2, 0.25) is 0 Å². The minimum absolute atomic E-state index is 0.0712. The number of aliphatic hydroxyl groups is 1. The first-order valence-electron chi connectivity index (χ1n) is 6.27. The summed E-state index contributed by atoms with van der Waals surface area (Å²) in [7, 11) is 3.62. The third-order valence-electron chi connectivity index (χ3n) is 3.08. The average molecular weight is 244 g/mol. The molecule has 1 atom stereocenters. The van der Waals surface area contributed by atoms with Crippen LogP contribution in [0.4, 0.5) is 0 Å². The Labute approximate surface area is 103 Å². The van der Waals surface area contributed by atoms with E-state index in [1.54, 1.807) is 4.90 Å². The Morgan fingerprint density at radius 2 is 2.24 bits per heavy atom. The fourth-order valence-electron chi connectivity index (χ4n) is 2.19. The van der Waals surface area contributed by atoms with E-state index in [2.05, 4.69) is 4.90 Å². The van der Waals surface area contributed by atoms with E-state index >= 15 is 0 Å². The number of hydrogen-bond acceptors (Lipinski definition) is 4. The monoisotopic (exact) mass is 244 g/mol. The van der Waals surface area contributed by atoms with Crippen LogP contribution >= 0.6 is 0 Å². The Bertz CT molecular complexity index is 234. The van der Waals surface area contributed by atoms with Crippen LogP contribution in [0.25, 0.3) is 0 Å². The SMILES string of the molecule is CN(C)C(=O)C1CCCN(CCOCCO)C1. The lowest BCUT2D eigenvalue weighted by Crippen LogP contribution is -2.43. The minimum atomic E-state index is 0.0712. The molecular formula is C12H24N2O3. The number of piperidine rings is 1. The van der Waals surface area contributed by atoms with Gasteiger partial charge in [0, 0.05) is 27.2 Å². The van der Waals surface area contributed by atoms with Crippen molar-refractivity contribution in [1.29, 1.82) is 0 Å². The second-order valence-corrected chi connectivity index (χ2v) is 4.71. The molecule has 0 aromatic carbocycles. The van der Waals surface area contributed by atoms with Crippen molar-refractivity contribution in [2.24, 2.45) is 5.92 Å². The van der Waals surface area contributed by atoms with E-state index in [1.807, 2.05) is 14.1 Å². The maximum atomic E-state index is 11.9. The van der Waals surface area contributed by atoms with Crippen LogP contribution < -0.4 is 0 Å². The summed E-state index contributed by atoms with van der Waals surface area (Å²) < 4.78 is 5.24. The zero-order valence-corrected chi connectivity index (χ0v) is 10.9. The highest BCUT2D eigenvalue weighted by atomic mass is 16.5. The number of amides is 1. The summed E-state index contributed by atoms with van der Waals surface area (Å²) in [6.07, 6.45) is 2.06. The summed E-state index contributed by atoms with van der Waals surface area (Å²) in [6, 6.07) is 0. The lowest BCUT2D eigenvalue weighted by atomic mass is 9.97. The maximum Gasteiger partial charge on any atom is 0.226 e. The van der Waals surface area contributed by atoms with Gasteiger partial charge in [-0.05, 0) is 19.4 Å². The van der Waals surface area contributed by atoms with Crippen molar-refractivity contribution in [3.63, 3.8) is 0 Å². The highest BCUT2D eigenvalue weighted by Crippen LogP contribution is 2.17. The van der Waals surface area contributed by atoms with Gasteiger partial charge >= 0.3 is 0 Å². The molecular weight excluding hydrogens is 220 g/mol. The molecule has 1 fully saturated rings. The van der Waals surface area contributed by atoms with Crippen molar-refractivity contribution in [1.82, 2.24) is 9.80 Å². The highest BCUT2D eigenvalue weighted by Gasteiger charge is 2.26. The first-order chi connectivity index (χ1) is 8.15. The van der Waals surface area contributed by atoms with E-state index in [4.69, 9.17) is 9.84 Å². The van der Waals surface area contributed by atoms with E-state index in [1.165, 1.54) is 0 Å². The van der Waals surface area contributed by atoms with Crippen molar-refractivity contribution >= 4 is 5.91 Å². The molecule has 0 spiro atoms. The number of hydrogen-bond donors (Lipinski definition) is 1. The minimum Gasteiger partial charge on any atom is -0.394 e. The molecule has 1 saturated heterocycles. The second-order valence-electron chi connectivity index (χ2n) is 4.71. The quantitative estimate of drug-likeness (QED) is 0.657.